The number of nitrogens with zero attached hydrogens (tertiary/aromatic N) is 2. The SMILES string of the molecule is C[C@@H]1CN([C@@H](C)CO)C(=O)Cc2cc(NC(=O)Cc3ccccc3)ccc2O[C@H]1CN(C)C(=O)Nc1ccc2c(c1)OCO2. The standard InChI is InChI=1S/C33H38N4O7/c1-21-17-37(22(2)19-38)32(40)15-24-14-25(34-31(39)13-23-7-5-4-6-8-23)9-11-27(24)44-30(21)18-36(3)33(41)35-26-10-12-28-29(16-26)43-20-42-28/h4-12,14,16,21-22,30,38H,13,15,17-20H2,1-3H3,(H,34,39)(H,35,41)/t21-,22+,30+/m1/s1. The maximum absolute atomic E-state index is 13.5. The molecule has 3 aromatic rings. The van der Waals surface area contributed by atoms with E-state index in [-0.39, 0.29) is 56.5 Å². The molecule has 0 aliphatic carbocycles. The number of amides is 4. The van der Waals surface area contributed by atoms with E-state index in [1.807, 2.05) is 37.3 Å². The van der Waals surface area contributed by atoms with Gasteiger partial charge in [0.05, 0.1) is 32.0 Å². The number of fused-ring (bicyclic) bond motifs is 2. The third-order valence-electron chi connectivity index (χ3n) is 7.83. The minimum absolute atomic E-state index is 0.0297. The molecule has 3 N–H and O–H groups in total. The maximum atomic E-state index is 13.5. The van der Waals surface area contributed by atoms with E-state index in [0.29, 0.717) is 40.7 Å². The number of carbonyl (C=O) groups is 3. The fraction of sp³-hybridized carbons (Fsp3) is 0.364. The predicted molar refractivity (Wildman–Crippen MR) is 165 cm³/mol. The smallest absolute Gasteiger partial charge is 0.321 e. The average molecular weight is 603 g/mol. The normalized spacial score (nSPS) is 18.2. The summed E-state index contributed by atoms with van der Waals surface area (Å²) in [7, 11) is 1.68. The molecule has 0 spiro atoms. The van der Waals surface area contributed by atoms with Crippen molar-refractivity contribution in [3.05, 3.63) is 77.9 Å². The van der Waals surface area contributed by atoms with Gasteiger partial charge < -0.3 is 39.8 Å². The molecule has 232 valence electrons. The highest BCUT2D eigenvalue weighted by Crippen LogP contribution is 2.34. The summed E-state index contributed by atoms with van der Waals surface area (Å²) in [5.41, 5.74) is 2.61. The molecule has 5 rings (SSSR count). The van der Waals surface area contributed by atoms with Crippen LogP contribution in [0.4, 0.5) is 16.2 Å². The van der Waals surface area contributed by atoms with Crippen molar-refractivity contribution in [2.45, 2.75) is 38.8 Å². The van der Waals surface area contributed by atoms with Crippen LogP contribution in [0.2, 0.25) is 0 Å². The van der Waals surface area contributed by atoms with Crippen molar-refractivity contribution in [3.63, 3.8) is 0 Å². The number of aliphatic hydroxyl groups excluding tert-OH is 1. The highest BCUT2D eigenvalue weighted by molar-refractivity contribution is 5.93. The Hall–Kier alpha value is -4.77. The van der Waals surface area contributed by atoms with Gasteiger partial charge >= 0.3 is 6.03 Å². The number of hydrogen-bond donors (Lipinski definition) is 3. The van der Waals surface area contributed by atoms with E-state index >= 15 is 0 Å². The van der Waals surface area contributed by atoms with Crippen molar-refractivity contribution in [2.75, 3.05) is 44.2 Å². The number of rotatable bonds is 8. The van der Waals surface area contributed by atoms with Crippen molar-refractivity contribution in [3.8, 4) is 17.2 Å². The largest absolute Gasteiger partial charge is 0.488 e. The lowest BCUT2D eigenvalue weighted by Gasteiger charge is -2.34. The molecular formula is C33H38N4O7. The van der Waals surface area contributed by atoms with Crippen LogP contribution in [0.15, 0.2) is 66.7 Å². The monoisotopic (exact) mass is 602 g/mol. The van der Waals surface area contributed by atoms with Gasteiger partial charge in [-0.3, -0.25) is 9.59 Å². The minimum atomic E-state index is -0.487. The molecule has 0 saturated carbocycles. The van der Waals surface area contributed by atoms with Crippen molar-refractivity contribution < 1.29 is 33.7 Å². The van der Waals surface area contributed by atoms with Gasteiger partial charge in [-0.05, 0) is 42.8 Å². The molecule has 2 heterocycles. The van der Waals surface area contributed by atoms with Gasteiger partial charge in [0.15, 0.2) is 11.5 Å². The van der Waals surface area contributed by atoms with Crippen LogP contribution < -0.4 is 24.8 Å². The van der Waals surface area contributed by atoms with Gasteiger partial charge in [-0.1, -0.05) is 37.3 Å². The Labute approximate surface area is 256 Å². The summed E-state index contributed by atoms with van der Waals surface area (Å²) >= 11 is 0. The number of aliphatic hydroxyl groups is 1. The summed E-state index contributed by atoms with van der Waals surface area (Å²) in [5, 5.41) is 15.7. The number of nitrogens with one attached hydrogen (secondary N) is 2. The Kier molecular flexibility index (Phi) is 9.54. The summed E-state index contributed by atoms with van der Waals surface area (Å²) in [6.07, 6.45) is -0.240. The fourth-order valence-corrected chi connectivity index (χ4v) is 5.26. The summed E-state index contributed by atoms with van der Waals surface area (Å²) in [6, 6.07) is 19.1. The molecule has 4 amide bonds. The topological polar surface area (TPSA) is 130 Å². The van der Waals surface area contributed by atoms with E-state index in [2.05, 4.69) is 10.6 Å². The fourth-order valence-electron chi connectivity index (χ4n) is 5.26. The number of benzene rings is 3. The molecule has 2 aliphatic rings. The Morgan fingerprint density at radius 3 is 2.45 bits per heavy atom. The number of ether oxygens (including phenoxy) is 3. The lowest BCUT2D eigenvalue weighted by molar-refractivity contribution is -0.134. The van der Waals surface area contributed by atoms with Gasteiger partial charge in [-0.25, -0.2) is 4.79 Å². The molecule has 0 fully saturated rings. The van der Waals surface area contributed by atoms with Crippen LogP contribution in [0.5, 0.6) is 17.2 Å². The molecule has 3 atom stereocenters. The molecule has 0 aromatic heterocycles. The summed E-state index contributed by atoms with van der Waals surface area (Å²) < 4.78 is 17.3. The quantitative estimate of drug-likeness (QED) is 0.357. The van der Waals surface area contributed by atoms with E-state index in [4.69, 9.17) is 14.2 Å². The first kappa shape index (κ1) is 30.7. The second kappa shape index (κ2) is 13.7. The third-order valence-corrected chi connectivity index (χ3v) is 7.83. The van der Waals surface area contributed by atoms with Crippen LogP contribution in [-0.2, 0) is 22.4 Å². The van der Waals surface area contributed by atoms with Gasteiger partial charge in [0, 0.05) is 42.5 Å². The molecular weight excluding hydrogens is 564 g/mol. The van der Waals surface area contributed by atoms with Crippen molar-refractivity contribution in [2.24, 2.45) is 5.92 Å². The Morgan fingerprint density at radius 1 is 1.00 bits per heavy atom. The molecule has 0 saturated heterocycles. The summed E-state index contributed by atoms with van der Waals surface area (Å²) in [4.78, 5) is 42.6. The molecule has 2 aliphatic heterocycles. The highest BCUT2D eigenvalue weighted by atomic mass is 16.7. The van der Waals surface area contributed by atoms with E-state index in [9.17, 15) is 19.5 Å². The zero-order valence-electron chi connectivity index (χ0n) is 25.1. The second-order valence-corrected chi connectivity index (χ2v) is 11.3. The first-order valence-corrected chi connectivity index (χ1v) is 14.7. The zero-order chi connectivity index (χ0) is 31.2. The van der Waals surface area contributed by atoms with Crippen LogP contribution in [0.3, 0.4) is 0 Å². The van der Waals surface area contributed by atoms with E-state index < -0.39 is 12.1 Å². The Bertz CT molecular complexity index is 1500. The van der Waals surface area contributed by atoms with Crippen molar-refractivity contribution >= 4 is 29.2 Å². The van der Waals surface area contributed by atoms with Crippen LogP contribution in [-0.4, -0.2) is 78.4 Å². The summed E-state index contributed by atoms with van der Waals surface area (Å²) in [6.45, 7) is 4.26. The Balaban J connectivity index is 1.34. The third kappa shape index (κ3) is 7.41. The van der Waals surface area contributed by atoms with E-state index in [1.165, 1.54) is 4.90 Å². The zero-order valence-corrected chi connectivity index (χ0v) is 25.1. The Morgan fingerprint density at radius 2 is 1.70 bits per heavy atom. The number of carbonyl (C=O) groups excluding carboxylic acids is 3. The average Bonchev–Trinajstić information content (AvgIpc) is 3.49. The molecule has 0 radical (unpaired) electrons. The van der Waals surface area contributed by atoms with Gasteiger partial charge in [0.25, 0.3) is 0 Å². The number of anilines is 2. The second-order valence-electron chi connectivity index (χ2n) is 11.3. The maximum Gasteiger partial charge on any atom is 0.321 e. The molecule has 3 aromatic carbocycles. The predicted octanol–water partition coefficient (Wildman–Crippen LogP) is 3.91. The molecule has 11 heteroatoms. The lowest BCUT2D eigenvalue weighted by Crippen LogP contribution is -2.48. The number of urea groups is 1. The van der Waals surface area contributed by atoms with E-state index in [0.717, 1.165) is 5.56 Å². The first-order valence-electron chi connectivity index (χ1n) is 14.7. The van der Waals surface area contributed by atoms with Crippen LogP contribution >= 0.6 is 0 Å². The number of hydrogen-bond acceptors (Lipinski definition) is 7. The van der Waals surface area contributed by atoms with Crippen molar-refractivity contribution in [1.29, 1.82) is 0 Å². The molecule has 0 unspecified atom stereocenters. The van der Waals surface area contributed by atoms with Crippen molar-refractivity contribution in [1.82, 2.24) is 9.80 Å². The van der Waals surface area contributed by atoms with Crippen LogP contribution in [0, 0.1) is 5.92 Å². The van der Waals surface area contributed by atoms with Gasteiger partial charge in [-0.15, -0.1) is 0 Å². The van der Waals surface area contributed by atoms with Gasteiger partial charge in [0.2, 0.25) is 18.6 Å². The lowest BCUT2D eigenvalue weighted by atomic mass is 10.0. The van der Waals surface area contributed by atoms with Gasteiger partial charge in [-0.2, -0.15) is 0 Å². The molecule has 44 heavy (non-hydrogen) atoms. The highest BCUT2D eigenvalue weighted by Gasteiger charge is 2.32. The van der Waals surface area contributed by atoms with E-state index in [1.54, 1.807) is 55.3 Å². The summed E-state index contributed by atoms with van der Waals surface area (Å²) in [5.74, 6) is 1.16. The number of likely N-dealkylation sites (N-methyl/N-ethyl adjacent to an activating group) is 1. The van der Waals surface area contributed by atoms with Crippen LogP contribution in [0.1, 0.15) is 25.0 Å². The first-order chi connectivity index (χ1) is 21.2. The van der Waals surface area contributed by atoms with Crippen LogP contribution in [0.25, 0.3) is 0 Å². The molecule has 0 bridgehead atoms. The minimum Gasteiger partial charge on any atom is -0.488 e. The van der Waals surface area contributed by atoms with Gasteiger partial charge in [0.1, 0.15) is 11.9 Å². The molecule has 11 nitrogen and oxygen atoms in total.